The van der Waals surface area contributed by atoms with Crippen LogP contribution in [0.3, 0.4) is 0 Å². The summed E-state index contributed by atoms with van der Waals surface area (Å²) in [6.45, 7) is 7.59. The van der Waals surface area contributed by atoms with Gasteiger partial charge in [0.25, 0.3) is 0 Å². The standard InChI is InChI=1S/C23H29NO5/c1-16(2)21-8-7-20(13-17(21)3)29-12-11-28-19-6-4-5-18(14-19)15-24-22(25)9-10-23(26)27/h4-8,13-14,16H,9-12,15H2,1-3H3,(H,24,25)(H,26,27). The molecule has 0 fully saturated rings. The van der Waals surface area contributed by atoms with Crippen molar-refractivity contribution in [3.63, 3.8) is 0 Å². The fourth-order valence-corrected chi connectivity index (χ4v) is 2.96. The number of nitrogens with one attached hydrogen (secondary N) is 1. The van der Waals surface area contributed by atoms with Gasteiger partial charge in [-0.05, 0) is 53.8 Å². The zero-order valence-corrected chi connectivity index (χ0v) is 17.2. The molecule has 0 aromatic heterocycles. The highest BCUT2D eigenvalue weighted by Gasteiger charge is 2.06. The summed E-state index contributed by atoms with van der Waals surface area (Å²) in [5.74, 6) is 0.738. The number of carbonyl (C=O) groups is 2. The average molecular weight is 399 g/mol. The van der Waals surface area contributed by atoms with Gasteiger partial charge >= 0.3 is 5.97 Å². The molecule has 2 rings (SSSR count). The van der Waals surface area contributed by atoms with Crippen LogP contribution in [0.4, 0.5) is 0 Å². The third kappa shape index (κ3) is 7.86. The number of aryl methyl sites for hydroxylation is 1. The van der Waals surface area contributed by atoms with Crippen molar-refractivity contribution in [1.29, 1.82) is 0 Å². The van der Waals surface area contributed by atoms with Crippen molar-refractivity contribution in [1.82, 2.24) is 5.32 Å². The highest BCUT2D eigenvalue weighted by molar-refractivity contribution is 5.80. The molecule has 0 aliphatic heterocycles. The Hall–Kier alpha value is -3.02. The number of hydrogen-bond donors (Lipinski definition) is 2. The number of amides is 1. The minimum atomic E-state index is -0.983. The molecule has 0 bridgehead atoms. The van der Waals surface area contributed by atoms with E-state index in [2.05, 4.69) is 32.2 Å². The van der Waals surface area contributed by atoms with Gasteiger partial charge in [0, 0.05) is 13.0 Å². The molecular weight excluding hydrogens is 370 g/mol. The molecular formula is C23H29NO5. The highest BCUT2D eigenvalue weighted by atomic mass is 16.5. The summed E-state index contributed by atoms with van der Waals surface area (Å²) in [6, 6.07) is 13.5. The van der Waals surface area contributed by atoms with E-state index in [1.54, 1.807) is 0 Å². The second-order valence-corrected chi connectivity index (χ2v) is 7.19. The number of hydrogen-bond acceptors (Lipinski definition) is 4. The molecule has 0 saturated heterocycles. The van der Waals surface area contributed by atoms with Gasteiger partial charge in [0.2, 0.25) is 5.91 Å². The third-order valence-corrected chi connectivity index (χ3v) is 4.44. The van der Waals surface area contributed by atoms with Gasteiger partial charge in [-0.25, -0.2) is 0 Å². The quantitative estimate of drug-likeness (QED) is 0.557. The summed E-state index contributed by atoms with van der Waals surface area (Å²) in [5.41, 5.74) is 3.42. The summed E-state index contributed by atoms with van der Waals surface area (Å²) in [4.78, 5) is 22.1. The largest absolute Gasteiger partial charge is 0.490 e. The number of ether oxygens (including phenoxy) is 2. The third-order valence-electron chi connectivity index (χ3n) is 4.44. The van der Waals surface area contributed by atoms with Crippen molar-refractivity contribution >= 4 is 11.9 Å². The highest BCUT2D eigenvalue weighted by Crippen LogP contribution is 2.23. The molecule has 0 radical (unpaired) electrons. The lowest BCUT2D eigenvalue weighted by atomic mass is 9.98. The second-order valence-electron chi connectivity index (χ2n) is 7.19. The van der Waals surface area contributed by atoms with Crippen LogP contribution in [0.15, 0.2) is 42.5 Å². The molecule has 0 atom stereocenters. The van der Waals surface area contributed by atoms with E-state index in [9.17, 15) is 9.59 Å². The van der Waals surface area contributed by atoms with Crippen LogP contribution < -0.4 is 14.8 Å². The van der Waals surface area contributed by atoms with Crippen LogP contribution in [0.1, 0.15) is 49.3 Å². The average Bonchev–Trinajstić information content (AvgIpc) is 2.68. The van der Waals surface area contributed by atoms with Crippen molar-refractivity contribution < 1.29 is 24.2 Å². The van der Waals surface area contributed by atoms with Gasteiger partial charge in [0.15, 0.2) is 0 Å². The zero-order valence-electron chi connectivity index (χ0n) is 17.2. The van der Waals surface area contributed by atoms with Crippen LogP contribution in [-0.4, -0.2) is 30.2 Å². The molecule has 6 heteroatoms. The van der Waals surface area contributed by atoms with E-state index in [1.165, 1.54) is 11.1 Å². The molecule has 2 aromatic rings. The Labute approximate surface area is 171 Å². The fraction of sp³-hybridized carbons (Fsp3) is 0.391. The van der Waals surface area contributed by atoms with Gasteiger partial charge < -0.3 is 19.9 Å². The number of carboxylic acids is 1. The van der Waals surface area contributed by atoms with Crippen LogP contribution >= 0.6 is 0 Å². The van der Waals surface area contributed by atoms with Crippen molar-refractivity contribution in [2.75, 3.05) is 13.2 Å². The Morgan fingerprint density at radius 1 is 1.00 bits per heavy atom. The number of benzene rings is 2. The molecule has 0 aliphatic carbocycles. The van der Waals surface area contributed by atoms with Crippen LogP contribution in [-0.2, 0) is 16.1 Å². The number of carbonyl (C=O) groups excluding carboxylic acids is 1. The Morgan fingerprint density at radius 2 is 1.69 bits per heavy atom. The van der Waals surface area contributed by atoms with Crippen LogP contribution in [0, 0.1) is 6.92 Å². The van der Waals surface area contributed by atoms with E-state index in [4.69, 9.17) is 14.6 Å². The van der Waals surface area contributed by atoms with E-state index in [-0.39, 0.29) is 18.7 Å². The molecule has 0 spiro atoms. The van der Waals surface area contributed by atoms with Crippen molar-refractivity contribution in [2.24, 2.45) is 0 Å². The van der Waals surface area contributed by atoms with Crippen molar-refractivity contribution in [2.45, 2.75) is 46.1 Å². The molecule has 2 N–H and O–H groups in total. The van der Waals surface area contributed by atoms with Gasteiger partial charge in [0.1, 0.15) is 24.7 Å². The lowest BCUT2D eigenvalue weighted by Gasteiger charge is -2.13. The van der Waals surface area contributed by atoms with Gasteiger partial charge in [-0.2, -0.15) is 0 Å². The van der Waals surface area contributed by atoms with Crippen LogP contribution in [0.5, 0.6) is 11.5 Å². The molecule has 1 amide bonds. The molecule has 0 aliphatic rings. The predicted molar refractivity (Wildman–Crippen MR) is 111 cm³/mol. The summed E-state index contributed by atoms with van der Waals surface area (Å²) in [7, 11) is 0. The fourth-order valence-electron chi connectivity index (χ4n) is 2.96. The van der Waals surface area contributed by atoms with E-state index in [0.717, 1.165) is 11.3 Å². The smallest absolute Gasteiger partial charge is 0.303 e. The molecule has 29 heavy (non-hydrogen) atoms. The number of rotatable bonds is 11. The lowest BCUT2D eigenvalue weighted by Crippen LogP contribution is -2.23. The van der Waals surface area contributed by atoms with E-state index in [0.29, 0.717) is 31.4 Å². The van der Waals surface area contributed by atoms with E-state index >= 15 is 0 Å². The first kappa shape index (κ1) is 22.3. The van der Waals surface area contributed by atoms with Gasteiger partial charge in [0.05, 0.1) is 6.42 Å². The predicted octanol–water partition coefficient (Wildman–Crippen LogP) is 4.06. The first-order valence-corrected chi connectivity index (χ1v) is 9.78. The minimum Gasteiger partial charge on any atom is -0.490 e. The molecule has 2 aromatic carbocycles. The van der Waals surface area contributed by atoms with Crippen LogP contribution in [0.2, 0.25) is 0 Å². The molecule has 156 valence electrons. The van der Waals surface area contributed by atoms with Crippen molar-refractivity contribution in [3.8, 4) is 11.5 Å². The maximum Gasteiger partial charge on any atom is 0.303 e. The summed E-state index contributed by atoms with van der Waals surface area (Å²) in [6.07, 6.45) is -0.199. The zero-order chi connectivity index (χ0) is 21.2. The SMILES string of the molecule is Cc1cc(OCCOc2cccc(CNC(=O)CCC(=O)O)c2)ccc1C(C)C. The van der Waals surface area contributed by atoms with E-state index < -0.39 is 5.97 Å². The van der Waals surface area contributed by atoms with Gasteiger partial charge in [-0.3, -0.25) is 9.59 Å². The number of aliphatic carboxylic acids is 1. The van der Waals surface area contributed by atoms with Gasteiger partial charge in [-0.1, -0.05) is 32.0 Å². The van der Waals surface area contributed by atoms with Crippen LogP contribution in [0.25, 0.3) is 0 Å². The minimum absolute atomic E-state index is 0.0273. The summed E-state index contributed by atoms with van der Waals surface area (Å²) >= 11 is 0. The normalized spacial score (nSPS) is 10.6. The Balaban J connectivity index is 1.75. The van der Waals surface area contributed by atoms with Gasteiger partial charge in [-0.15, -0.1) is 0 Å². The topological polar surface area (TPSA) is 84.9 Å². The summed E-state index contributed by atoms with van der Waals surface area (Å²) in [5, 5.41) is 11.3. The molecule has 0 saturated carbocycles. The Bertz CT molecular complexity index is 832. The first-order valence-electron chi connectivity index (χ1n) is 9.78. The van der Waals surface area contributed by atoms with Crippen molar-refractivity contribution in [3.05, 3.63) is 59.2 Å². The monoisotopic (exact) mass is 399 g/mol. The molecule has 0 unspecified atom stereocenters. The second kappa shape index (κ2) is 11.1. The Kier molecular flexibility index (Phi) is 8.52. The maximum absolute atomic E-state index is 11.6. The van der Waals surface area contributed by atoms with E-state index in [1.807, 2.05) is 36.4 Å². The lowest BCUT2D eigenvalue weighted by molar-refractivity contribution is -0.138. The first-order chi connectivity index (χ1) is 13.8. The number of carboxylic acid groups (broad SMARTS) is 1. The molecule has 0 heterocycles. The molecule has 6 nitrogen and oxygen atoms in total. The maximum atomic E-state index is 11.6. The Morgan fingerprint density at radius 3 is 2.31 bits per heavy atom. The summed E-state index contributed by atoms with van der Waals surface area (Å²) < 4.78 is 11.5.